The fourth-order valence-electron chi connectivity index (χ4n) is 9.91. The second-order valence-electron chi connectivity index (χ2n) is 11.2. The smallest absolute Gasteiger partial charge is 0.0165 e. The molecular formula is C20H34Cl2N2. The van der Waals surface area contributed by atoms with Crippen LogP contribution in [-0.4, -0.2) is 11.1 Å². The predicted octanol–water partition coefficient (Wildman–Crippen LogP) is 4.43. The maximum absolute atomic E-state index is 6.93. The molecule has 8 rings (SSSR count). The molecule has 0 aromatic carbocycles. The van der Waals surface area contributed by atoms with E-state index in [-0.39, 0.29) is 35.9 Å². The summed E-state index contributed by atoms with van der Waals surface area (Å²) >= 11 is 0. The van der Waals surface area contributed by atoms with Crippen molar-refractivity contribution in [2.24, 2.45) is 46.0 Å². The van der Waals surface area contributed by atoms with Crippen molar-refractivity contribution in [3.63, 3.8) is 0 Å². The van der Waals surface area contributed by atoms with Crippen LogP contribution in [0.25, 0.3) is 0 Å². The second kappa shape index (κ2) is 5.06. The molecule has 0 heterocycles. The first kappa shape index (κ1) is 17.9. The Morgan fingerprint density at radius 2 is 0.792 bits per heavy atom. The minimum Gasteiger partial charge on any atom is -0.325 e. The molecule has 0 spiro atoms. The SMILES string of the molecule is Cl.Cl.NC12CC3CC(C1)CC(C14CC5CC(CC(N)(C5)C1)C4)(C3)C2. The molecule has 24 heavy (non-hydrogen) atoms. The average Bonchev–Trinajstić information content (AvgIpc) is 2.31. The number of rotatable bonds is 1. The summed E-state index contributed by atoms with van der Waals surface area (Å²) in [6.45, 7) is 0. The van der Waals surface area contributed by atoms with Gasteiger partial charge in [-0.1, -0.05) is 0 Å². The van der Waals surface area contributed by atoms with Crippen LogP contribution in [0.15, 0.2) is 0 Å². The van der Waals surface area contributed by atoms with Gasteiger partial charge in [0.15, 0.2) is 0 Å². The quantitative estimate of drug-likeness (QED) is 0.715. The predicted molar refractivity (Wildman–Crippen MR) is 103 cm³/mol. The van der Waals surface area contributed by atoms with Crippen LogP contribution in [0.2, 0.25) is 0 Å². The fraction of sp³-hybridized carbons (Fsp3) is 1.00. The minimum atomic E-state index is 0. The summed E-state index contributed by atoms with van der Waals surface area (Å²) in [5.41, 5.74) is 15.4. The Bertz CT molecular complexity index is 472. The van der Waals surface area contributed by atoms with Crippen molar-refractivity contribution < 1.29 is 0 Å². The van der Waals surface area contributed by atoms with E-state index in [2.05, 4.69) is 0 Å². The van der Waals surface area contributed by atoms with Gasteiger partial charge in [0, 0.05) is 11.1 Å². The summed E-state index contributed by atoms with van der Waals surface area (Å²) in [6.07, 6.45) is 17.1. The van der Waals surface area contributed by atoms with Crippen LogP contribution >= 0.6 is 24.8 Å². The number of nitrogens with two attached hydrogens (primary N) is 2. The first-order valence-electron chi connectivity index (χ1n) is 9.97. The maximum Gasteiger partial charge on any atom is 0.0165 e. The fourth-order valence-corrected chi connectivity index (χ4v) is 9.91. The van der Waals surface area contributed by atoms with Crippen molar-refractivity contribution in [1.29, 1.82) is 0 Å². The van der Waals surface area contributed by atoms with E-state index in [1.54, 1.807) is 0 Å². The molecule has 0 aliphatic heterocycles. The maximum atomic E-state index is 6.93. The lowest BCUT2D eigenvalue weighted by Crippen LogP contribution is -2.70. The minimum absolute atomic E-state index is 0. The standard InChI is InChI=1S/C20H32N2.2ClH/c21-19-7-13-1-14(8-19)4-17(3-13,11-19)18-5-15-2-16(6-18)10-20(22,9-15)12-18;;/h13-16H,1-12,21-22H2;2*1H. The lowest BCUT2D eigenvalue weighted by molar-refractivity contribution is -0.207. The third-order valence-electron chi connectivity index (χ3n) is 9.34. The van der Waals surface area contributed by atoms with Gasteiger partial charge in [-0.15, -0.1) is 24.8 Å². The molecule has 0 radical (unpaired) electrons. The molecular weight excluding hydrogens is 339 g/mol. The zero-order valence-corrected chi connectivity index (χ0v) is 16.4. The van der Waals surface area contributed by atoms with Crippen molar-refractivity contribution in [2.75, 3.05) is 0 Å². The molecule has 8 bridgehead atoms. The summed E-state index contributed by atoms with van der Waals surface area (Å²) in [4.78, 5) is 0. The normalized spacial score (nSPS) is 62.2. The molecule has 4 heteroatoms. The van der Waals surface area contributed by atoms with E-state index in [1.165, 1.54) is 77.0 Å². The topological polar surface area (TPSA) is 52.0 Å². The lowest BCUT2D eigenvalue weighted by atomic mass is 9.33. The van der Waals surface area contributed by atoms with Gasteiger partial charge in [0.25, 0.3) is 0 Å². The molecule has 4 N–H and O–H groups in total. The van der Waals surface area contributed by atoms with E-state index in [0.717, 1.165) is 23.7 Å². The molecule has 4 atom stereocenters. The van der Waals surface area contributed by atoms with Crippen LogP contribution in [0.1, 0.15) is 77.0 Å². The highest BCUT2D eigenvalue weighted by Gasteiger charge is 2.68. The van der Waals surface area contributed by atoms with Crippen molar-refractivity contribution in [2.45, 2.75) is 88.1 Å². The Kier molecular flexibility index (Phi) is 3.77. The Morgan fingerprint density at radius 3 is 1.04 bits per heavy atom. The number of hydrogen-bond donors (Lipinski definition) is 2. The number of halogens is 2. The van der Waals surface area contributed by atoms with Crippen LogP contribution in [0.3, 0.4) is 0 Å². The molecule has 8 fully saturated rings. The molecule has 8 saturated carbocycles. The van der Waals surface area contributed by atoms with Gasteiger partial charge in [-0.25, -0.2) is 0 Å². The largest absolute Gasteiger partial charge is 0.325 e. The van der Waals surface area contributed by atoms with E-state index in [1.807, 2.05) is 0 Å². The first-order valence-corrected chi connectivity index (χ1v) is 9.97. The molecule has 138 valence electrons. The van der Waals surface area contributed by atoms with Gasteiger partial charge >= 0.3 is 0 Å². The molecule has 8 aliphatic rings. The molecule has 4 unspecified atom stereocenters. The summed E-state index contributed by atoms with van der Waals surface area (Å²) < 4.78 is 0. The van der Waals surface area contributed by atoms with Crippen LogP contribution in [0.5, 0.6) is 0 Å². The van der Waals surface area contributed by atoms with E-state index >= 15 is 0 Å². The third-order valence-corrected chi connectivity index (χ3v) is 9.34. The highest BCUT2D eigenvalue weighted by Crippen LogP contribution is 2.75. The van der Waals surface area contributed by atoms with Gasteiger partial charge in [-0.3, -0.25) is 0 Å². The van der Waals surface area contributed by atoms with Crippen LogP contribution in [0.4, 0.5) is 0 Å². The van der Waals surface area contributed by atoms with Gasteiger partial charge in [-0.05, 0) is 112 Å². The first-order chi connectivity index (χ1) is 10.4. The summed E-state index contributed by atoms with van der Waals surface area (Å²) in [6, 6.07) is 0. The van der Waals surface area contributed by atoms with Gasteiger partial charge in [0.05, 0.1) is 0 Å². The van der Waals surface area contributed by atoms with Gasteiger partial charge in [0.1, 0.15) is 0 Å². The van der Waals surface area contributed by atoms with E-state index in [9.17, 15) is 0 Å². The summed E-state index contributed by atoms with van der Waals surface area (Å²) in [5, 5.41) is 0. The zero-order chi connectivity index (χ0) is 14.8. The van der Waals surface area contributed by atoms with Crippen molar-refractivity contribution >= 4 is 24.8 Å². The molecule has 0 saturated heterocycles. The lowest BCUT2D eigenvalue weighted by Gasteiger charge is -2.73. The second-order valence-corrected chi connectivity index (χ2v) is 11.2. The molecule has 8 aliphatic carbocycles. The van der Waals surface area contributed by atoms with Crippen molar-refractivity contribution in [3.05, 3.63) is 0 Å². The monoisotopic (exact) mass is 372 g/mol. The van der Waals surface area contributed by atoms with Crippen LogP contribution in [-0.2, 0) is 0 Å². The molecule has 0 amide bonds. The van der Waals surface area contributed by atoms with E-state index in [0.29, 0.717) is 10.8 Å². The van der Waals surface area contributed by atoms with Gasteiger partial charge in [-0.2, -0.15) is 0 Å². The van der Waals surface area contributed by atoms with Crippen molar-refractivity contribution in [3.8, 4) is 0 Å². The van der Waals surface area contributed by atoms with Crippen LogP contribution in [0, 0.1) is 34.5 Å². The molecule has 2 nitrogen and oxygen atoms in total. The Morgan fingerprint density at radius 1 is 0.500 bits per heavy atom. The van der Waals surface area contributed by atoms with Crippen LogP contribution < -0.4 is 11.5 Å². The Labute approximate surface area is 159 Å². The van der Waals surface area contributed by atoms with E-state index in [4.69, 9.17) is 11.5 Å². The average molecular weight is 373 g/mol. The zero-order valence-electron chi connectivity index (χ0n) is 14.8. The Hall–Kier alpha value is 0.500. The van der Waals surface area contributed by atoms with Crippen molar-refractivity contribution in [1.82, 2.24) is 0 Å². The van der Waals surface area contributed by atoms with E-state index < -0.39 is 0 Å². The summed E-state index contributed by atoms with van der Waals surface area (Å²) in [5.74, 6) is 3.81. The molecule has 0 aromatic rings. The highest BCUT2D eigenvalue weighted by atomic mass is 35.5. The molecule has 0 aromatic heterocycles. The van der Waals surface area contributed by atoms with Gasteiger partial charge in [0.2, 0.25) is 0 Å². The summed E-state index contributed by atoms with van der Waals surface area (Å²) in [7, 11) is 0. The Balaban J connectivity index is 0.000000729. The highest BCUT2D eigenvalue weighted by molar-refractivity contribution is 5.85. The third kappa shape index (κ3) is 2.15. The van der Waals surface area contributed by atoms with Gasteiger partial charge < -0.3 is 11.5 Å². The number of hydrogen-bond acceptors (Lipinski definition) is 2.